The fourth-order valence-electron chi connectivity index (χ4n) is 2.56. The lowest BCUT2D eigenvalue weighted by molar-refractivity contribution is 0.0984. The van der Waals surface area contributed by atoms with Crippen LogP contribution in [0.1, 0.15) is 21.5 Å². The Bertz CT molecular complexity index is 849. The highest BCUT2D eigenvalue weighted by Gasteiger charge is 2.20. The summed E-state index contributed by atoms with van der Waals surface area (Å²) in [6, 6.07) is 17.2. The molecule has 120 valence electrons. The summed E-state index contributed by atoms with van der Waals surface area (Å²) in [7, 11) is 0. The van der Waals surface area contributed by atoms with Crippen LogP contribution >= 0.6 is 0 Å². The smallest absolute Gasteiger partial charge is 0.258 e. The molecule has 0 aliphatic heterocycles. The van der Waals surface area contributed by atoms with Gasteiger partial charge in [-0.25, -0.2) is 4.39 Å². The maximum atomic E-state index is 13.7. The van der Waals surface area contributed by atoms with Gasteiger partial charge in [-0.2, -0.15) is 0 Å². The average Bonchev–Trinajstić information content (AvgIpc) is 2.60. The molecule has 0 bridgehead atoms. The minimum Gasteiger partial charge on any atom is -0.304 e. The van der Waals surface area contributed by atoms with E-state index in [0.717, 1.165) is 11.1 Å². The summed E-state index contributed by atoms with van der Waals surface area (Å²) < 4.78 is 13.7. The molecule has 0 saturated carbocycles. The van der Waals surface area contributed by atoms with E-state index in [1.54, 1.807) is 35.5 Å². The fourth-order valence-corrected chi connectivity index (χ4v) is 2.56. The number of halogens is 1. The van der Waals surface area contributed by atoms with E-state index in [2.05, 4.69) is 4.98 Å². The minimum atomic E-state index is -0.374. The second-order valence-corrected chi connectivity index (χ2v) is 5.55. The van der Waals surface area contributed by atoms with E-state index in [4.69, 9.17) is 0 Å². The number of pyridine rings is 1. The average molecular weight is 320 g/mol. The van der Waals surface area contributed by atoms with E-state index in [9.17, 15) is 9.18 Å². The van der Waals surface area contributed by atoms with Gasteiger partial charge in [-0.15, -0.1) is 0 Å². The molecule has 0 fully saturated rings. The number of nitrogens with zero attached hydrogens (tertiary/aromatic N) is 2. The molecule has 3 aromatic rings. The predicted molar refractivity (Wildman–Crippen MR) is 92.3 cm³/mol. The van der Waals surface area contributed by atoms with Gasteiger partial charge >= 0.3 is 0 Å². The third-order valence-corrected chi connectivity index (χ3v) is 3.80. The van der Waals surface area contributed by atoms with Gasteiger partial charge in [0.2, 0.25) is 0 Å². The van der Waals surface area contributed by atoms with Crippen molar-refractivity contribution in [1.82, 2.24) is 4.98 Å². The summed E-state index contributed by atoms with van der Waals surface area (Å²) in [5, 5.41) is 0. The molecule has 0 atom stereocenters. The van der Waals surface area contributed by atoms with E-state index in [-0.39, 0.29) is 11.7 Å². The van der Waals surface area contributed by atoms with Crippen LogP contribution < -0.4 is 4.90 Å². The highest BCUT2D eigenvalue weighted by molar-refractivity contribution is 6.06. The molecule has 24 heavy (non-hydrogen) atoms. The van der Waals surface area contributed by atoms with Gasteiger partial charge < -0.3 is 4.90 Å². The van der Waals surface area contributed by atoms with Gasteiger partial charge in [0.05, 0.1) is 6.54 Å². The Morgan fingerprint density at radius 2 is 1.92 bits per heavy atom. The number of aromatic nitrogens is 1. The van der Waals surface area contributed by atoms with Crippen LogP contribution in [0.5, 0.6) is 0 Å². The van der Waals surface area contributed by atoms with Gasteiger partial charge in [0.1, 0.15) is 5.82 Å². The Morgan fingerprint density at radius 1 is 1.08 bits per heavy atom. The lowest BCUT2D eigenvalue weighted by Gasteiger charge is -2.24. The molecule has 1 aromatic heterocycles. The van der Waals surface area contributed by atoms with Crippen molar-refractivity contribution in [2.75, 3.05) is 4.90 Å². The van der Waals surface area contributed by atoms with E-state index < -0.39 is 0 Å². The van der Waals surface area contributed by atoms with Crippen LogP contribution in [0.4, 0.5) is 10.1 Å². The third-order valence-electron chi connectivity index (χ3n) is 3.80. The zero-order valence-electron chi connectivity index (χ0n) is 13.3. The van der Waals surface area contributed by atoms with Gasteiger partial charge in [-0.3, -0.25) is 9.78 Å². The summed E-state index contributed by atoms with van der Waals surface area (Å²) in [5.41, 5.74) is 2.89. The number of amides is 1. The van der Waals surface area contributed by atoms with Crippen LogP contribution in [0.25, 0.3) is 0 Å². The molecule has 0 N–H and O–H groups in total. The van der Waals surface area contributed by atoms with Crippen LogP contribution in [-0.4, -0.2) is 10.9 Å². The molecule has 0 spiro atoms. The Morgan fingerprint density at radius 3 is 2.62 bits per heavy atom. The van der Waals surface area contributed by atoms with Crippen LogP contribution in [0.2, 0.25) is 0 Å². The highest BCUT2D eigenvalue weighted by Crippen LogP contribution is 2.22. The van der Waals surface area contributed by atoms with E-state index >= 15 is 0 Å². The van der Waals surface area contributed by atoms with Crippen molar-refractivity contribution < 1.29 is 9.18 Å². The molecule has 0 aliphatic carbocycles. The third kappa shape index (κ3) is 3.49. The molecule has 1 amide bonds. The number of rotatable bonds is 4. The van der Waals surface area contributed by atoms with Crippen molar-refractivity contribution in [3.63, 3.8) is 0 Å². The quantitative estimate of drug-likeness (QED) is 0.715. The first-order valence-electron chi connectivity index (χ1n) is 7.67. The molecule has 0 unspecified atom stereocenters. The Hall–Kier alpha value is -3.01. The Labute approximate surface area is 140 Å². The summed E-state index contributed by atoms with van der Waals surface area (Å²) in [6.07, 6.45) is 3.39. The first kappa shape index (κ1) is 15.9. The number of hydrogen-bond donors (Lipinski definition) is 0. The van der Waals surface area contributed by atoms with E-state index in [0.29, 0.717) is 17.8 Å². The van der Waals surface area contributed by atoms with Crippen molar-refractivity contribution in [1.29, 1.82) is 0 Å². The monoisotopic (exact) mass is 320 g/mol. The standard InChI is InChI=1S/C20H17FN2O/c1-15-6-2-3-10-19(15)20(24)23(14-16-7-5-11-22-13-16)18-9-4-8-17(21)12-18/h2-13H,14H2,1H3. The number of carbonyl (C=O) groups excluding carboxylic acids is 1. The summed E-state index contributed by atoms with van der Waals surface area (Å²) in [6.45, 7) is 2.21. The molecule has 0 saturated heterocycles. The van der Waals surface area contributed by atoms with Gasteiger partial charge in [-0.05, 0) is 48.4 Å². The Balaban J connectivity index is 2.01. The molecule has 0 aliphatic rings. The topological polar surface area (TPSA) is 33.2 Å². The fraction of sp³-hybridized carbons (Fsp3) is 0.100. The van der Waals surface area contributed by atoms with E-state index in [1.165, 1.54) is 12.1 Å². The summed E-state index contributed by atoms with van der Waals surface area (Å²) >= 11 is 0. The molecule has 2 aromatic carbocycles. The minimum absolute atomic E-state index is 0.164. The zero-order chi connectivity index (χ0) is 16.9. The van der Waals surface area contributed by atoms with Gasteiger partial charge in [-0.1, -0.05) is 30.3 Å². The number of carbonyl (C=O) groups is 1. The largest absolute Gasteiger partial charge is 0.304 e. The number of aryl methyl sites for hydroxylation is 1. The highest BCUT2D eigenvalue weighted by atomic mass is 19.1. The van der Waals surface area contributed by atoms with Crippen molar-refractivity contribution in [2.45, 2.75) is 13.5 Å². The molecular weight excluding hydrogens is 303 g/mol. The summed E-state index contributed by atoms with van der Waals surface area (Å²) in [5.74, 6) is -0.538. The van der Waals surface area contributed by atoms with Crippen molar-refractivity contribution in [3.8, 4) is 0 Å². The van der Waals surface area contributed by atoms with Gasteiger partial charge in [0.25, 0.3) is 5.91 Å². The van der Waals surface area contributed by atoms with Crippen LogP contribution in [-0.2, 0) is 6.54 Å². The number of anilines is 1. The molecular formula is C20H17FN2O. The molecule has 3 nitrogen and oxygen atoms in total. The van der Waals surface area contributed by atoms with Crippen LogP contribution in [0, 0.1) is 12.7 Å². The predicted octanol–water partition coefficient (Wildman–Crippen LogP) is 4.38. The number of hydrogen-bond acceptors (Lipinski definition) is 2. The first-order chi connectivity index (χ1) is 11.6. The summed E-state index contributed by atoms with van der Waals surface area (Å²) in [4.78, 5) is 18.7. The molecule has 3 rings (SSSR count). The first-order valence-corrected chi connectivity index (χ1v) is 7.67. The molecule has 1 heterocycles. The van der Waals surface area contributed by atoms with Crippen molar-refractivity contribution >= 4 is 11.6 Å². The van der Waals surface area contributed by atoms with Gasteiger partial charge in [0, 0.05) is 23.6 Å². The molecule has 4 heteroatoms. The SMILES string of the molecule is Cc1ccccc1C(=O)N(Cc1cccnc1)c1cccc(F)c1. The maximum Gasteiger partial charge on any atom is 0.258 e. The Kier molecular flexibility index (Phi) is 4.66. The maximum absolute atomic E-state index is 13.7. The van der Waals surface area contributed by atoms with Crippen molar-refractivity contribution in [3.05, 3.63) is 95.6 Å². The van der Waals surface area contributed by atoms with Crippen LogP contribution in [0.15, 0.2) is 73.1 Å². The lowest BCUT2D eigenvalue weighted by atomic mass is 10.1. The second kappa shape index (κ2) is 7.04. The van der Waals surface area contributed by atoms with Crippen molar-refractivity contribution in [2.24, 2.45) is 0 Å². The van der Waals surface area contributed by atoms with E-state index in [1.807, 2.05) is 37.3 Å². The second-order valence-electron chi connectivity index (χ2n) is 5.55. The number of benzene rings is 2. The normalized spacial score (nSPS) is 10.4. The van der Waals surface area contributed by atoms with Gasteiger partial charge in [0.15, 0.2) is 0 Å². The lowest BCUT2D eigenvalue weighted by Crippen LogP contribution is -2.31. The van der Waals surface area contributed by atoms with Crippen LogP contribution in [0.3, 0.4) is 0 Å². The molecule has 0 radical (unpaired) electrons. The zero-order valence-corrected chi connectivity index (χ0v) is 13.3.